The van der Waals surface area contributed by atoms with Crippen molar-refractivity contribution >= 4 is 28.9 Å². The topological polar surface area (TPSA) is 119 Å². The number of hydrogen-bond acceptors (Lipinski definition) is 5. The van der Waals surface area contributed by atoms with Crippen LogP contribution in [0.25, 0.3) is 0 Å². The molecule has 122 valence electrons. The summed E-state index contributed by atoms with van der Waals surface area (Å²) < 4.78 is 1.60. The van der Waals surface area contributed by atoms with Gasteiger partial charge < -0.3 is 5.32 Å². The van der Waals surface area contributed by atoms with Gasteiger partial charge in [-0.3, -0.25) is 24.7 Å². The third kappa shape index (κ3) is 3.25. The van der Waals surface area contributed by atoms with E-state index in [0.29, 0.717) is 17.3 Å². The first-order valence-electron chi connectivity index (χ1n) is 6.79. The molecule has 0 saturated carbocycles. The Morgan fingerprint density at radius 3 is 2.92 bits per heavy atom. The molecule has 24 heavy (non-hydrogen) atoms. The molecule has 1 aromatic carbocycles. The van der Waals surface area contributed by atoms with E-state index < -0.39 is 16.5 Å². The number of amides is 1. The van der Waals surface area contributed by atoms with Crippen LogP contribution in [0.4, 0.5) is 11.4 Å². The fraction of sp³-hybridized carbons (Fsp3) is 0.0714. The molecule has 0 atom stereocenters. The molecule has 0 unspecified atom stereocenters. The Labute approximate surface area is 140 Å². The normalized spacial score (nSPS) is 10.5. The van der Waals surface area contributed by atoms with E-state index in [-0.39, 0.29) is 5.69 Å². The summed E-state index contributed by atoms with van der Waals surface area (Å²) in [6, 6.07) is 7.35. The van der Waals surface area contributed by atoms with Crippen LogP contribution >= 0.6 is 11.6 Å². The van der Waals surface area contributed by atoms with Crippen molar-refractivity contribution in [2.75, 3.05) is 5.32 Å². The van der Waals surface area contributed by atoms with Gasteiger partial charge in [-0.25, -0.2) is 0 Å². The lowest BCUT2D eigenvalue weighted by molar-refractivity contribution is -0.385. The van der Waals surface area contributed by atoms with E-state index in [4.69, 9.17) is 11.6 Å². The van der Waals surface area contributed by atoms with Crippen LogP contribution in [0.15, 0.2) is 42.9 Å². The molecule has 9 nitrogen and oxygen atoms in total. The molecule has 3 rings (SSSR count). The first kappa shape index (κ1) is 15.7. The lowest BCUT2D eigenvalue weighted by atomic mass is 10.2. The number of H-pyrrole nitrogens is 1. The molecule has 0 aliphatic rings. The van der Waals surface area contributed by atoms with Crippen molar-refractivity contribution in [3.63, 3.8) is 0 Å². The van der Waals surface area contributed by atoms with Crippen LogP contribution in [0.5, 0.6) is 0 Å². The molecule has 0 spiro atoms. The number of halogens is 1. The molecule has 2 aromatic heterocycles. The van der Waals surface area contributed by atoms with Gasteiger partial charge in [-0.2, -0.15) is 10.2 Å². The van der Waals surface area contributed by atoms with E-state index in [2.05, 4.69) is 20.6 Å². The van der Waals surface area contributed by atoms with Crippen molar-refractivity contribution < 1.29 is 9.72 Å². The predicted molar refractivity (Wildman–Crippen MR) is 86.0 cm³/mol. The van der Waals surface area contributed by atoms with Gasteiger partial charge in [0.15, 0.2) is 0 Å². The molecular weight excluding hydrogens is 336 g/mol. The molecule has 2 N–H and O–H groups in total. The average molecular weight is 347 g/mol. The zero-order valence-electron chi connectivity index (χ0n) is 12.1. The highest BCUT2D eigenvalue weighted by molar-refractivity contribution is 6.31. The summed E-state index contributed by atoms with van der Waals surface area (Å²) >= 11 is 6.09. The third-order valence-electron chi connectivity index (χ3n) is 3.22. The van der Waals surface area contributed by atoms with Gasteiger partial charge >= 0.3 is 5.69 Å². The molecule has 3 aromatic rings. The van der Waals surface area contributed by atoms with Crippen LogP contribution in [-0.4, -0.2) is 30.8 Å². The molecule has 0 fully saturated rings. The summed E-state index contributed by atoms with van der Waals surface area (Å²) in [7, 11) is 0. The highest BCUT2D eigenvalue weighted by Crippen LogP contribution is 2.18. The minimum absolute atomic E-state index is 0.223. The second kappa shape index (κ2) is 6.50. The van der Waals surface area contributed by atoms with Crippen molar-refractivity contribution in [1.29, 1.82) is 0 Å². The maximum absolute atomic E-state index is 12.1. The van der Waals surface area contributed by atoms with E-state index >= 15 is 0 Å². The fourth-order valence-corrected chi connectivity index (χ4v) is 2.29. The maximum Gasteiger partial charge on any atom is 0.319 e. The summed E-state index contributed by atoms with van der Waals surface area (Å²) in [4.78, 5) is 22.2. The first-order valence-corrected chi connectivity index (χ1v) is 7.17. The van der Waals surface area contributed by atoms with Gasteiger partial charge in [0, 0.05) is 11.2 Å². The zero-order chi connectivity index (χ0) is 17.1. The van der Waals surface area contributed by atoms with Crippen molar-refractivity contribution in [2.45, 2.75) is 6.54 Å². The van der Waals surface area contributed by atoms with Crippen molar-refractivity contribution in [3.8, 4) is 0 Å². The highest BCUT2D eigenvalue weighted by atomic mass is 35.5. The zero-order valence-corrected chi connectivity index (χ0v) is 12.9. The molecule has 0 aliphatic carbocycles. The number of nitrogens with one attached hydrogen (secondary N) is 2. The summed E-state index contributed by atoms with van der Waals surface area (Å²) in [5, 5.41) is 23.9. The minimum Gasteiger partial charge on any atom is -0.318 e. The Hall–Kier alpha value is -3.20. The molecule has 0 radical (unpaired) electrons. The van der Waals surface area contributed by atoms with Crippen LogP contribution in [-0.2, 0) is 6.54 Å². The molecule has 0 saturated heterocycles. The monoisotopic (exact) mass is 346 g/mol. The third-order valence-corrected chi connectivity index (χ3v) is 3.59. The van der Waals surface area contributed by atoms with Crippen LogP contribution < -0.4 is 5.32 Å². The molecule has 10 heteroatoms. The van der Waals surface area contributed by atoms with Crippen LogP contribution in [0.2, 0.25) is 5.02 Å². The van der Waals surface area contributed by atoms with Crippen molar-refractivity contribution in [3.05, 3.63) is 69.3 Å². The van der Waals surface area contributed by atoms with E-state index in [1.54, 1.807) is 16.9 Å². The Kier molecular flexibility index (Phi) is 4.25. The van der Waals surface area contributed by atoms with Crippen LogP contribution in [0.3, 0.4) is 0 Å². The van der Waals surface area contributed by atoms with Gasteiger partial charge in [0.05, 0.1) is 23.4 Å². The lowest BCUT2D eigenvalue weighted by Crippen LogP contribution is -2.13. The number of carbonyl (C=O) groups is 1. The largest absolute Gasteiger partial charge is 0.319 e. The average Bonchev–Trinajstić information content (AvgIpc) is 3.19. The van der Waals surface area contributed by atoms with Crippen LogP contribution in [0.1, 0.15) is 16.1 Å². The van der Waals surface area contributed by atoms with Gasteiger partial charge in [0.1, 0.15) is 6.20 Å². The minimum atomic E-state index is -0.681. The van der Waals surface area contributed by atoms with E-state index in [9.17, 15) is 14.9 Å². The number of aromatic nitrogens is 4. The first-order chi connectivity index (χ1) is 11.5. The lowest BCUT2D eigenvalue weighted by Gasteiger charge is -2.04. The Morgan fingerprint density at radius 1 is 1.38 bits per heavy atom. The number of rotatable bonds is 5. The summed E-state index contributed by atoms with van der Waals surface area (Å²) in [6.07, 6.45) is 4.02. The van der Waals surface area contributed by atoms with E-state index in [1.807, 2.05) is 18.2 Å². The van der Waals surface area contributed by atoms with Gasteiger partial charge in [-0.1, -0.05) is 29.8 Å². The number of benzene rings is 1. The second-order valence-corrected chi connectivity index (χ2v) is 5.27. The Bertz CT molecular complexity index is 903. The quantitative estimate of drug-likeness (QED) is 0.543. The second-order valence-electron chi connectivity index (χ2n) is 4.86. The summed E-state index contributed by atoms with van der Waals surface area (Å²) in [5.41, 5.74) is 0.662. The van der Waals surface area contributed by atoms with E-state index in [1.165, 1.54) is 6.20 Å². The van der Waals surface area contributed by atoms with Crippen molar-refractivity contribution in [2.24, 2.45) is 0 Å². The number of aromatic amines is 1. The SMILES string of the molecule is O=C(Nc1cnn(Cc2ccccc2Cl)c1)c1[nH]ncc1[N+](=O)[O-]. The van der Waals surface area contributed by atoms with Gasteiger partial charge in [0.2, 0.25) is 5.69 Å². The van der Waals surface area contributed by atoms with Gasteiger partial charge in [0.25, 0.3) is 5.91 Å². The Morgan fingerprint density at radius 2 is 2.17 bits per heavy atom. The van der Waals surface area contributed by atoms with Crippen molar-refractivity contribution in [1.82, 2.24) is 20.0 Å². The van der Waals surface area contributed by atoms with Gasteiger partial charge in [-0.15, -0.1) is 0 Å². The van der Waals surface area contributed by atoms with Crippen LogP contribution in [0, 0.1) is 10.1 Å². The standard InChI is InChI=1S/C14H11ClN6O3/c15-11-4-2-1-3-9(11)7-20-8-10(5-17-20)18-14(22)13-12(21(23)24)6-16-19-13/h1-6,8H,7H2,(H,16,19)(H,18,22). The van der Waals surface area contributed by atoms with Gasteiger partial charge in [-0.05, 0) is 11.6 Å². The molecule has 0 bridgehead atoms. The number of nitro groups is 1. The highest BCUT2D eigenvalue weighted by Gasteiger charge is 2.23. The number of anilines is 1. The number of carbonyl (C=O) groups excluding carboxylic acids is 1. The maximum atomic E-state index is 12.1. The number of hydrogen-bond donors (Lipinski definition) is 2. The summed E-state index contributed by atoms with van der Waals surface area (Å²) in [5.74, 6) is -0.670. The smallest absolute Gasteiger partial charge is 0.318 e. The molecular formula is C14H11ClN6O3. The fourth-order valence-electron chi connectivity index (χ4n) is 2.09. The predicted octanol–water partition coefficient (Wildman–Crippen LogP) is 2.47. The molecule has 1 amide bonds. The molecule has 2 heterocycles. The number of nitrogens with zero attached hydrogens (tertiary/aromatic N) is 4. The molecule has 0 aliphatic heterocycles. The van der Waals surface area contributed by atoms with E-state index in [0.717, 1.165) is 11.8 Å². The summed E-state index contributed by atoms with van der Waals surface area (Å²) in [6.45, 7) is 0.430. The Balaban J connectivity index is 1.72.